The summed E-state index contributed by atoms with van der Waals surface area (Å²) in [4.78, 5) is 7.72. The first kappa shape index (κ1) is 16.7. The predicted molar refractivity (Wildman–Crippen MR) is 94.4 cm³/mol. The minimum atomic E-state index is 0.146. The second kappa shape index (κ2) is 7.03. The Kier molecular flexibility index (Phi) is 5.58. The van der Waals surface area contributed by atoms with Crippen molar-refractivity contribution in [3.63, 3.8) is 0 Å². The lowest BCUT2D eigenvalue weighted by atomic mass is 10.1. The number of nitrogens with one attached hydrogen (secondary N) is 1. The van der Waals surface area contributed by atoms with Gasteiger partial charge >= 0.3 is 0 Å². The molecule has 0 bridgehead atoms. The van der Waals surface area contributed by atoms with Crippen LogP contribution in [0, 0.1) is 5.92 Å². The molecule has 0 spiro atoms. The van der Waals surface area contributed by atoms with Crippen molar-refractivity contribution >= 4 is 22.7 Å². The molecule has 21 heavy (non-hydrogen) atoms. The smallest absolute Gasteiger partial charge is 0.0983 e. The lowest BCUT2D eigenvalue weighted by molar-refractivity contribution is 0.425. The standard InChI is InChI=1S/C17H26N2S2/c1-12(2)9-14-15(11-18-17(3,4)5)21-16(19-14)10-13-7-6-8-20-13/h6-8,12,18H,9-11H2,1-5H3. The molecule has 0 aliphatic rings. The Hall–Kier alpha value is -0.710. The van der Waals surface area contributed by atoms with Crippen LogP contribution in [0.4, 0.5) is 0 Å². The molecule has 0 aliphatic heterocycles. The van der Waals surface area contributed by atoms with Gasteiger partial charge in [-0.1, -0.05) is 19.9 Å². The van der Waals surface area contributed by atoms with E-state index < -0.39 is 0 Å². The summed E-state index contributed by atoms with van der Waals surface area (Å²) in [5.41, 5.74) is 1.44. The fourth-order valence-corrected chi connectivity index (χ4v) is 3.96. The average Bonchev–Trinajstić information content (AvgIpc) is 2.96. The lowest BCUT2D eigenvalue weighted by Crippen LogP contribution is -2.35. The van der Waals surface area contributed by atoms with Crippen molar-refractivity contribution in [1.29, 1.82) is 0 Å². The molecule has 2 heterocycles. The van der Waals surface area contributed by atoms with Crippen LogP contribution < -0.4 is 5.32 Å². The number of aromatic nitrogens is 1. The highest BCUT2D eigenvalue weighted by Gasteiger charge is 2.16. The van der Waals surface area contributed by atoms with Crippen molar-refractivity contribution in [3.8, 4) is 0 Å². The predicted octanol–water partition coefficient (Wildman–Crippen LogP) is 4.88. The number of nitrogens with zero attached hydrogens (tertiary/aromatic N) is 1. The molecule has 2 nitrogen and oxygen atoms in total. The monoisotopic (exact) mass is 322 g/mol. The maximum Gasteiger partial charge on any atom is 0.0983 e. The molecular weight excluding hydrogens is 296 g/mol. The summed E-state index contributed by atoms with van der Waals surface area (Å²) in [6.45, 7) is 12.1. The fourth-order valence-electron chi connectivity index (χ4n) is 2.10. The number of thiazole rings is 1. The molecule has 0 fully saturated rings. The van der Waals surface area contributed by atoms with Crippen molar-refractivity contribution in [3.05, 3.63) is 38.0 Å². The van der Waals surface area contributed by atoms with E-state index >= 15 is 0 Å². The average molecular weight is 323 g/mol. The quantitative estimate of drug-likeness (QED) is 0.819. The zero-order valence-electron chi connectivity index (χ0n) is 13.7. The van der Waals surface area contributed by atoms with Gasteiger partial charge in [-0.3, -0.25) is 0 Å². The summed E-state index contributed by atoms with van der Waals surface area (Å²) >= 11 is 3.69. The van der Waals surface area contributed by atoms with Gasteiger partial charge in [0.2, 0.25) is 0 Å². The van der Waals surface area contributed by atoms with E-state index in [0.29, 0.717) is 5.92 Å². The van der Waals surface area contributed by atoms with Crippen molar-refractivity contribution < 1.29 is 0 Å². The van der Waals surface area contributed by atoms with Crippen LogP contribution in [-0.2, 0) is 19.4 Å². The van der Waals surface area contributed by atoms with Gasteiger partial charge in [-0.15, -0.1) is 22.7 Å². The van der Waals surface area contributed by atoms with Gasteiger partial charge in [0.15, 0.2) is 0 Å². The van der Waals surface area contributed by atoms with E-state index in [2.05, 4.69) is 57.4 Å². The zero-order chi connectivity index (χ0) is 15.5. The molecule has 4 heteroatoms. The van der Waals surface area contributed by atoms with Crippen molar-refractivity contribution in [2.75, 3.05) is 0 Å². The minimum absolute atomic E-state index is 0.146. The van der Waals surface area contributed by atoms with Gasteiger partial charge in [-0.2, -0.15) is 0 Å². The third-order valence-electron chi connectivity index (χ3n) is 3.11. The maximum atomic E-state index is 4.91. The molecule has 0 radical (unpaired) electrons. The first-order chi connectivity index (χ1) is 9.83. The van der Waals surface area contributed by atoms with Crippen LogP contribution in [0.2, 0.25) is 0 Å². The van der Waals surface area contributed by atoms with E-state index in [9.17, 15) is 0 Å². The summed E-state index contributed by atoms with van der Waals surface area (Å²) in [6, 6.07) is 4.31. The molecule has 0 aromatic carbocycles. The largest absolute Gasteiger partial charge is 0.307 e. The van der Waals surface area contributed by atoms with Gasteiger partial charge in [0.25, 0.3) is 0 Å². The van der Waals surface area contributed by atoms with E-state index in [1.165, 1.54) is 20.5 Å². The Bertz CT molecular complexity index is 548. The highest BCUT2D eigenvalue weighted by Crippen LogP contribution is 2.25. The Morgan fingerprint density at radius 3 is 2.62 bits per heavy atom. The van der Waals surface area contributed by atoms with Gasteiger partial charge in [-0.05, 0) is 44.6 Å². The van der Waals surface area contributed by atoms with Crippen LogP contribution in [0.3, 0.4) is 0 Å². The molecule has 0 unspecified atom stereocenters. The van der Waals surface area contributed by atoms with E-state index in [1.807, 2.05) is 22.7 Å². The third-order valence-corrected chi connectivity index (χ3v) is 5.08. The van der Waals surface area contributed by atoms with E-state index in [0.717, 1.165) is 19.4 Å². The number of rotatable bonds is 6. The Morgan fingerprint density at radius 2 is 2.05 bits per heavy atom. The summed E-state index contributed by atoms with van der Waals surface area (Å²) < 4.78 is 0. The first-order valence-corrected chi connectivity index (χ1v) is 9.28. The van der Waals surface area contributed by atoms with Crippen LogP contribution in [-0.4, -0.2) is 10.5 Å². The van der Waals surface area contributed by atoms with Gasteiger partial charge < -0.3 is 5.32 Å². The third kappa shape index (κ3) is 5.53. The number of hydrogen-bond donors (Lipinski definition) is 1. The molecule has 2 aromatic rings. The summed E-state index contributed by atoms with van der Waals surface area (Å²) in [7, 11) is 0. The summed E-state index contributed by atoms with van der Waals surface area (Å²) in [5.74, 6) is 0.648. The van der Waals surface area contributed by atoms with Crippen LogP contribution in [0.15, 0.2) is 17.5 Å². The van der Waals surface area contributed by atoms with Gasteiger partial charge in [-0.25, -0.2) is 4.98 Å². The molecular formula is C17H26N2S2. The Labute approximate surface area is 136 Å². The van der Waals surface area contributed by atoms with E-state index in [1.54, 1.807) is 0 Å². The first-order valence-electron chi connectivity index (χ1n) is 7.58. The summed E-state index contributed by atoms with van der Waals surface area (Å²) in [6.07, 6.45) is 2.05. The summed E-state index contributed by atoms with van der Waals surface area (Å²) in [5, 5.41) is 6.98. The maximum absolute atomic E-state index is 4.91. The van der Waals surface area contributed by atoms with E-state index in [4.69, 9.17) is 4.98 Å². The highest BCUT2D eigenvalue weighted by atomic mass is 32.1. The number of thiophene rings is 1. The van der Waals surface area contributed by atoms with Crippen LogP contribution >= 0.6 is 22.7 Å². The molecule has 0 amide bonds. The van der Waals surface area contributed by atoms with Crippen LogP contribution in [0.25, 0.3) is 0 Å². The molecule has 2 rings (SSSR count). The van der Waals surface area contributed by atoms with Crippen molar-refractivity contribution in [2.45, 2.75) is 59.5 Å². The van der Waals surface area contributed by atoms with Crippen LogP contribution in [0.1, 0.15) is 55.1 Å². The van der Waals surface area contributed by atoms with E-state index in [-0.39, 0.29) is 5.54 Å². The molecule has 2 aromatic heterocycles. The van der Waals surface area contributed by atoms with Crippen molar-refractivity contribution in [1.82, 2.24) is 10.3 Å². The normalized spacial score (nSPS) is 12.3. The Balaban J connectivity index is 2.14. The molecule has 1 N–H and O–H groups in total. The molecule has 0 aliphatic carbocycles. The SMILES string of the molecule is CC(C)Cc1nc(Cc2cccs2)sc1CNC(C)(C)C. The second-order valence-corrected chi connectivity index (χ2v) is 9.14. The van der Waals surface area contributed by atoms with Crippen molar-refractivity contribution in [2.24, 2.45) is 5.92 Å². The van der Waals surface area contributed by atoms with Gasteiger partial charge in [0, 0.05) is 28.3 Å². The van der Waals surface area contributed by atoms with Crippen LogP contribution in [0.5, 0.6) is 0 Å². The molecule has 0 saturated carbocycles. The second-order valence-electron chi connectivity index (χ2n) is 6.94. The minimum Gasteiger partial charge on any atom is -0.307 e. The lowest BCUT2D eigenvalue weighted by Gasteiger charge is -2.20. The highest BCUT2D eigenvalue weighted by molar-refractivity contribution is 7.12. The van der Waals surface area contributed by atoms with Gasteiger partial charge in [0.05, 0.1) is 10.7 Å². The zero-order valence-corrected chi connectivity index (χ0v) is 15.3. The number of hydrogen-bond acceptors (Lipinski definition) is 4. The van der Waals surface area contributed by atoms with Gasteiger partial charge in [0.1, 0.15) is 0 Å². The topological polar surface area (TPSA) is 24.9 Å². The fraction of sp³-hybridized carbons (Fsp3) is 0.588. The Morgan fingerprint density at radius 1 is 1.29 bits per heavy atom. The molecule has 116 valence electrons. The molecule has 0 atom stereocenters. The molecule has 0 saturated heterocycles.